The summed E-state index contributed by atoms with van der Waals surface area (Å²) in [4.78, 5) is 8.64. The average Bonchev–Trinajstić information content (AvgIpc) is 2.05. The Hall–Kier alpha value is -0.660. The molecule has 2 heterocycles. The number of hydrogen-bond acceptors (Lipinski definition) is 2. The number of nitrogens with zero attached hydrogens (tertiary/aromatic N) is 2. The summed E-state index contributed by atoms with van der Waals surface area (Å²) in [6, 6.07) is 0.527. The Balaban J connectivity index is 2.12. The van der Waals surface area contributed by atoms with E-state index in [9.17, 15) is 0 Å². The second-order valence-corrected chi connectivity index (χ2v) is 3.02. The molecule has 2 aliphatic heterocycles. The summed E-state index contributed by atoms with van der Waals surface area (Å²) in [5.41, 5.74) is 0. The molecule has 54 valence electrons. The molecule has 0 fully saturated rings. The zero-order valence-corrected chi connectivity index (χ0v) is 6.03. The van der Waals surface area contributed by atoms with Crippen molar-refractivity contribution in [3.63, 3.8) is 0 Å². The zero-order chi connectivity index (χ0) is 6.81. The van der Waals surface area contributed by atoms with Gasteiger partial charge in [-0.2, -0.15) is 0 Å². The first-order chi connectivity index (χ1) is 4.97. The first kappa shape index (κ1) is 6.08. The molecule has 2 rings (SSSR count). The molecule has 0 saturated carbocycles. The van der Waals surface area contributed by atoms with Crippen molar-refractivity contribution in [1.29, 1.82) is 0 Å². The van der Waals surface area contributed by atoms with Gasteiger partial charge in [0.05, 0.1) is 12.6 Å². The Bertz CT molecular complexity index is 172. The van der Waals surface area contributed by atoms with E-state index in [0.29, 0.717) is 6.04 Å². The SMILES string of the molecule is C1=NCC2N=CCCC2C1. The molecule has 2 aliphatic rings. The molecule has 2 nitrogen and oxygen atoms in total. The van der Waals surface area contributed by atoms with Crippen LogP contribution in [0.4, 0.5) is 0 Å². The fourth-order valence-corrected chi connectivity index (χ4v) is 1.68. The van der Waals surface area contributed by atoms with Gasteiger partial charge in [0.2, 0.25) is 0 Å². The topological polar surface area (TPSA) is 24.7 Å². The van der Waals surface area contributed by atoms with Crippen molar-refractivity contribution in [3.05, 3.63) is 0 Å². The maximum absolute atomic E-state index is 4.41. The summed E-state index contributed by atoms with van der Waals surface area (Å²) in [5.74, 6) is 0.808. The summed E-state index contributed by atoms with van der Waals surface area (Å²) in [6.45, 7) is 0.932. The van der Waals surface area contributed by atoms with Crippen LogP contribution in [0.5, 0.6) is 0 Å². The summed E-state index contributed by atoms with van der Waals surface area (Å²) >= 11 is 0. The van der Waals surface area contributed by atoms with E-state index >= 15 is 0 Å². The highest BCUT2D eigenvalue weighted by Crippen LogP contribution is 2.23. The fraction of sp³-hybridized carbons (Fsp3) is 0.750. The van der Waals surface area contributed by atoms with E-state index < -0.39 is 0 Å². The molecule has 2 heteroatoms. The van der Waals surface area contributed by atoms with Crippen molar-refractivity contribution in [2.45, 2.75) is 25.3 Å². The van der Waals surface area contributed by atoms with Gasteiger partial charge in [0.1, 0.15) is 0 Å². The molecular formula is C8H12N2. The molecule has 0 aromatic carbocycles. The molecule has 0 aromatic rings. The Morgan fingerprint density at radius 2 is 2.30 bits per heavy atom. The first-order valence-corrected chi connectivity index (χ1v) is 3.97. The lowest BCUT2D eigenvalue weighted by molar-refractivity contribution is 0.396. The standard InChI is InChI=1S/C8H12N2/c1-2-7-3-5-9-6-8(7)10-4-1/h4-5,7-8H,1-3,6H2. The third kappa shape index (κ3) is 0.981. The van der Waals surface area contributed by atoms with Gasteiger partial charge >= 0.3 is 0 Å². The monoisotopic (exact) mass is 136 g/mol. The fourth-order valence-electron chi connectivity index (χ4n) is 1.68. The summed E-state index contributed by atoms with van der Waals surface area (Å²) in [7, 11) is 0. The van der Waals surface area contributed by atoms with Gasteiger partial charge in [-0.1, -0.05) is 0 Å². The van der Waals surface area contributed by atoms with Crippen LogP contribution < -0.4 is 0 Å². The van der Waals surface area contributed by atoms with Crippen molar-refractivity contribution in [1.82, 2.24) is 0 Å². The second-order valence-electron chi connectivity index (χ2n) is 3.02. The van der Waals surface area contributed by atoms with Gasteiger partial charge in [-0.25, -0.2) is 0 Å². The zero-order valence-electron chi connectivity index (χ0n) is 6.03. The van der Waals surface area contributed by atoms with Crippen molar-refractivity contribution < 1.29 is 0 Å². The maximum Gasteiger partial charge on any atom is 0.0722 e. The molecule has 0 aliphatic carbocycles. The van der Waals surface area contributed by atoms with Crippen LogP contribution in [-0.2, 0) is 0 Å². The molecular weight excluding hydrogens is 124 g/mol. The van der Waals surface area contributed by atoms with E-state index in [1.54, 1.807) is 0 Å². The number of rotatable bonds is 0. The van der Waals surface area contributed by atoms with Gasteiger partial charge in [0, 0.05) is 0 Å². The van der Waals surface area contributed by atoms with Crippen LogP contribution in [0.2, 0.25) is 0 Å². The predicted octanol–water partition coefficient (Wildman–Crippen LogP) is 1.31. The molecule has 0 spiro atoms. The molecule has 0 bridgehead atoms. The molecule has 2 atom stereocenters. The Morgan fingerprint density at radius 1 is 1.30 bits per heavy atom. The van der Waals surface area contributed by atoms with Crippen LogP contribution in [0.15, 0.2) is 9.98 Å². The molecule has 0 saturated heterocycles. The molecule has 0 amide bonds. The van der Waals surface area contributed by atoms with Crippen LogP contribution in [0, 0.1) is 5.92 Å². The van der Waals surface area contributed by atoms with Crippen LogP contribution >= 0.6 is 0 Å². The summed E-state index contributed by atoms with van der Waals surface area (Å²) < 4.78 is 0. The largest absolute Gasteiger partial charge is 0.295 e. The number of hydrogen-bond donors (Lipinski definition) is 0. The van der Waals surface area contributed by atoms with Crippen LogP contribution in [-0.4, -0.2) is 25.0 Å². The smallest absolute Gasteiger partial charge is 0.0722 e. The van der Waals surface area contributed by atoms with Crippen molar-refractivity contribution >= 4 is 12.4 Å². The number of aliphatic imine (C=N–C) groups is 2. The lowest BCUT2D eigenvalue weighted by atomic mass is 9.89. The van der Waals surface area contributed by atoms with Gasteiger partial charge in [-0.3, -0.25) is 9.98 Å². The van der Waals surface area contributed by atoms with E-state index in [2.05, 4.69) is 22.4 Å². The van der Waals surface area contributed by atoms with E-state index in [4.69, 9.17) is 0 Å². The molecule has 0 aromatic heterocycles. The highest BCUT2D eigenvalue weighted by atomic mass is 14.9. The minimum atomic E-state index is 0.527. The molecule has 0 radical (unpaired) electrons. The molecule has 0 N–H and O–H groups in total. The Morgan fingerprint density at radius 3 is 3.20 bits per heavy atom. The Kier molecular flexibility index (Phi) is 1.53. The van der Waals surface area contributed by atoms with Crippen LogP contribution in [0.25, 0.3) is 0 Å². The molecule has 2 unspecified atom stereocenters. The van der Waals surface area contributed by atoms with Crippen molar-refractivity contribution in [2.75, 3.05) is 6.54 Å². The van der Waals surface area contributed by atoms with Gasteiger partial charge in [0.15, 0.2) is 0 Å². The van der Waals surface area contributed by atoms with E-state index in [1.807, 2.05) is 0 Å². The Labute approximate surface area is 61.1 Å². The minimum absolute atomic E-state index is 0.527. The van der Waals surface area contributed by atoms with Gasteiger partial charge < -0.3 is 0 Å². The quantitative estimate of drug-likeness (QED) is 0.479. The lowest BCUT2D eigenvalue weighted by Crippen LogP contribution is -2.28. The van der Waals surface area contributed by atoms with Gasteiger partial charge in [-0.05, 0) is 37.6 Å². The van der Waals surface area contributed by atoms with E-state index in [-0.39, 0.29) is 0 Å². The third-order valence-electron chi connectivity index (χ3n) is 2.34. The van der Waals surface area contributed by atoms with Crippen molar-refractivity contribution in [3.8, 4) is 0 Å². The van der Waals surface area contributed by atoms with Gasteiger partial charge in [0.25, 0.3) is 0 Å². The predicted molar refractivity (Wildman–Crippen MR) is 43.0 cm³/mol. The number of fused-ring (bicyclic) bond motifs is 1. The second kappa shape index (κ2) is 2.52. The van der Waals surface area contributed by atoms with Crippen LogP contribution in [0.1, 0.15) is 19.3 Å². The summed E-state index contributed by atoms with van der Waals surface area (Å²) in [6.07, 6.45) is 7.77. The third-order valence-corrected chi connectivity index (χ3v) is 2.34. The van der Waals surface area contributed by atoms with Crippen LogP contribution in [0.3, 0.4) is 0 Å². The lowest BCUT2D eigenvalue weighted by Gasteiger charge is -2.26. The van der Waals surface area contributed by atoms with Crippen molar-refractivity contribution in [2.24, 2.45) is 15.9 Å². The first-order valence-electron chi connectivity index (χ1n) is 3.97. The van der Waals surface area contributed by atoms with E-state index in [0.717, 1.165) is 18.9 Å². The average molecular weight is 136 g/mol. The summed E-state index contributed by atoms with van der Waals surface area (Å²) in [5, 5.41) is 0. The highest BCUT2D eigenvalue weighted by molar-refractivity contribution is 5.62. The molecule has 10 heavy (non-hydrogen) atoms. The highest BCUT2D eigenvalue weighted by Gasteiger charge is 2.23. The van der Waals surface area contributed by atoms with Gasteiger partial charge in [-0.15, -0.1) is 0 Å². The normalized spacial score (nSPS) is 37.6. The maximum atomic E-state index is 4.41. The minimum Gasteiger partial charge on any atom is -0.295 e. The van der Waals surface area contributed by atoms with E-state index in [1.165, 1.54) is 12.8 Å².